The molecule has 0 aromatic heterocycles. The smallest absolute Gasteiger partial charge is 0.253 e. The normalized spacial score (nSPS) is 23.6. The van der Waals surface area contributed by atoms with Crippen LogP contribution in [0.3, 0.4) is 0 Å². The van der Waals surface area contributed by atoms with E-state index in [1.165, 1.54) is 12.8 Å². The van der Waals surface area contributed by atoms with E-state index in [2.05, 4.69) is 11.6 Å². The van der Waals surface area contributed by atoms with Crippen LogP contribution in [0.2, 0.25) is 0 Å². The molecule has 0 heterocycles. The molecular formula is C14H20N2OS. The molecule has 1 aliphatic carbocycles. The van der Waals surface area contributed by atoms with Crippen LogP contribution in [0.15, 0.2) is 24.3 Å². The van der Waals surface area contributed by atoms with Crippen LogP contribution >= 0.6 is 11.8 Å². The molecule has 3 N–H and O–H groups in total. The van der Waals surface area contributed by atoms with E-state index < -0.39 is 0 Å². The fourth-order valence-corrected chi connectivity index (χ4v) is 3.15. The second-order valence-electron chi connectivity index (χ2n) is 4.77. The molecule has 1 aromatic carbocycles. The number of carbonyl (C=O) groups excluding carboxylic acids is 1. The van der Waals surface area contributed by atoms with E-state index >= 15 is 0 Å². The largest absolute Gasteiger partial charge is 0.398 e. The molecule has 2 rings (SSSR count). The number of rotatable bonds is 3. The number of benzene rings is 1. The van der Waals surface area contributed by atoms with E-state index in [1.807, 2.05) is 23.9 Å². The number of carbonyl (C=O) groups is 1. The van der Waals surface area contributed by atoms with Crippen molar-refractivity contribution in [3.8, 4) is 0 Å². The van der Waals surface area contributed by atoms with E-state index in [4.69, 9.17) is 5.73 Å². The van der Waals surface area contributed by atoms with Crippen LogP contribution in [0.5, 0.6) is 0 Å². The molecule has 0 atom stereocenters. The quantitative estimate of drug-likeness (QED) is 0.825. The van der Waals surface area contributed by atoms with Crippen molar-refractivity contribution in [3.63, 3.8) is 0 Å². The second kappa shape index (κ2) is 6.14. The first-order valence-electron chi connectivity index (χ1n) is 6.39. The molecule has 0 radical (unpaired) electrons. The number of nitrogens with one attached hydrogen (secondary N) is 1. The highest BCUT2D eigenvalue weighted by Crippen LogP contribution is 2.27. The summed E-state index contributed by atoms with van der Waals surface area (Å²) in [5.74, 6) is -0.0410. The van der Waals surface area contributed by atoms with Gasteiger partial charge in [-0.2, -0.15) is 11.8 Å². The van der Waals surface area contributed by atoms with Crippen molar-refractivity contribution < 1.29 is 4.79 Å². The zero-order chi connectivity index (χ0) is 13.0. The fourth-order valence-electron chi connectivity index (χ4n) is 2.41. The zero-order valence-electron chi connectivity index (χ0n) is 10.7. The highest BCUT2D eigenvalue weighted by atomic mass is 32.2. The number of amides is 1. The van der Waals surface area contributed by atoms with Crippen LogP contribution in [-0.2, 0) is 0 Å². The van der Waals surface area contributed by atoms with Crippen molar-refractivity contribution in [2.75, 3.05) is 12.0 Å². The van der Waals surface area contributed by atoms with Crippen molar-refractivity contribution in [1.82, 2.24) is 5.32 Å². The van der Waals surface area contributed by atoms with Gasteiger partial charge in [-0.3, -0.25) is 4.79 Å². The number of thioether (sulfide) groups is 1. The number of hydrogen-bond donors (Lipinski definition) is 2. The van der Waals surface area contributed by atoms with Crippen LogP contribution in [0.1, 0.15) is 36.0 Å². The predicted molar refractivity (Wildman–Crippen MR) is 77.9 cm³/mol. The monoisotopic (exact) mass is 264 g/mol. The van der Waals surface area contributed by atoms with Crippen LogP contribution in [0.25, 0.3) is 0 Å². The molecule has 1 aliphatic rings. The van der Waals surface area contributed by atoms with Gasteiger partial charge in [-0.15, -0.1) is 0 Å². The van der Waals surface area contributed by atoms with Gasteiger partial charge in [0, 0.05) is 17.0 Å². The van der Waals surface area contributed by atoms with Gasteiger partial charge < -0.3 is 11.1 Å². The van der Waals surface area contributed by atoms with Crippen molar-refractivity contribution >= 4 is 23.4 Å². The first-order chi connectivity index (χ1) is 8.70. The highest BCUT2D eigenvalue weighted by molar-refractivity contribution is 7.99. The summed E-state index contributed by atoms with van der Waals surface area (Å²) in [6, 6.07) is 7.53. The highest BCUT2D eigenvalue weighted by Gasteiger charge is 2.22. The van der Waals surface area contributed by atoms with Crippen LogP contribution in [0.4, 0.5) is 5.69 Å². The van der Waals surface area contributed by atoms with Crippen molar-refractivity contribution in [2.45, 2.75) is 37.0 Å². The Balaban J connectivity index is 1.91. The van der Waals surface area contributed by atoms with E-state index in [9.17, 15) is 4.79 Å². The molecule has 18 heavy (non-hydrogen) atoms. The molecule has 0 aliphatic heterocycles. The van der Waals surface area contributed by atoms with Crippen molar-refractivity contribution in [3.05, 3.63) is 29.8 Å². The van der Waals surface area contributed by atoms with E-state index in [1.54, 1.807) is 12.1 Å². The molecule has 1 aromatic rings. The molecule has 0 bridgehead atoms. The van der Waals surface area contributed by atoms with Gasteiger partial charge in [0.25, 0.3) is 5.91 Å². The van der Waals surface area contributed by atoms with E-state index in [-0.39, 0.29) is 5.91 Å². The third-order valence-corrected chi connectivity index (χ3v) is 4.69. The Morgan fingerprint density at radius 3 is 2.56 bits per heavy atom. The van der Waals surface area contributed by atoms with Gasteiger partial charge in [-0.25, -0.2) is 0 Å². The Morgan fingerprint density at radius 1 is 1.28 bits per heavy atom. The molecule has 4 heteroatoms. The average Bonchev–Trinajstić information content (AvgIpc) is 2.40. The maximum atomic E-state index is 12.1. The molecular weight excluding hydrogens is 244 g/mol. The first kappa shape index (κ1) is 13.3. The summed E-state index contributed by atoms with van der Waals surface area (Å²) in [6.07, 6.45) is 6.69. The minimum Gasteiger partial charge on any atom is -0.398 e. The standard InChI is InChI=1S/C14H20N2OS/c1-18-11-8-6-10(7-9-11)16-14(17)12-4-2-3-5-13(12)15/h2-5,10-11H,6-9,15H2,1H3,(H,16,17). The summed E-state index contributed by atoms with van der Waals surface area (Å²) in [4.78, 5) is 12.1. The summed E-state index contributed by atoms with van der Waals surface area (Å²) in [6.45, 7) is 0. The zero-order valence-corrected chi connectivity index (χ0v) is 11.5. The lowest BCUT2D eigenvalue weighted by Gasteiger charge is -2.28. The van der Waals surface area contributed by atoms with E-state index in [0.29, 0.717) is 17.3 Å². The number of hydrogen-bond acceptors (Lipinski definition) is 3. The van der Waals surface area contributed by atoms with Crippen molar-refractivity contribution in [2.24, 2.45) is 0 Å². The summed E-state index contributed by atoms with van der Waals surface area (Å²) in [5.41, 5.74) is 6.94. The molecule has 1 saturated carbocycles. The molecule has 0 unspecified atom stereocenters. The second-order valence-corrected chi connectivity index (χ2v) is 5.91. The molecule has 98 valence electrons. The Kier molecular flexibility index (Phi) is 4.53. The minimum absolute atomic E-state index is 0.0410. The minimum atomic E-state index is -0.0410. The van der Waals surface area contributed by atoms with Crippen LogP contribution in [-0.4, -0.2) is 23.5 Å². The molecule has 1 fully saturated rings. The lowest BCUT2D eigenvalue weighted by atomic mass is 9.94. The molecule has 1 amide bonds. The third kappa shape index (κ3) is 3.19. The average molecular weight is 264 g/mol. The molecule has 0 saturated heterocycles. The summed E-state index contributed by atoms with van der Waals surface area (Å²) < 4.78 is 0. The number of para-hydroxylation sites is 1. The van der Waals surface area contributed by atoms with Gasteiger partial charge in [-0.05, 0) is 44.1 Å². The first-order valence-corrected chi connectivity index (χ1v) is 7.67. The summed E-state index contributed by atoms with van der Waals surface area (Å²) in [7, 11) is 0. The maximum absolute atomic E-state index is 12.1. The van der Waals surface area contributed by atoms with E-state index in [0.717, 1.165) is 18.1 Å². The number of nitrogens with two attached hydrogens (primary N) is 1. The number of anilines is 1. The van der Waals surface area contributed by atoms with Crippen molar-refractivity contribution in [1.29, 1.82) is 0 Å². The topological polar surface area (TPSA) is 55.1 Å². The molecule has 3 nitrogen and oxygen atoms in total. The summed E-state index contributed by atoms with van der Waals surface area (Å²) >= 11 is 1.93. The van der Waals surface area contributed by atoms with Gasteiger partial charge in [0.2, 0.25) is 0 Å². The Morgan fingerprint density at radius 2 is 1.94 bits per heavy atom. The van der Waals surface area contributed by atoms with Crippen LogP contribution < -0.4 is 11.1 Å². The molecule has 0 spiro atoms. The third-order valence-electron chi connectivity index (χ3n) is 3.55. The van der Waals surface area contributed by atoms with Crippen LogP contribution in [0, 0.1) is 0 Å². The lowest BCUT2D eigenvalue weighted by Crippen LogP contribution is -2.38. The summed E-state index contributed by atoms with van der Waals surface area (Å²) in [5, 5.41) is 3.86. The predicted octanol–water partition coefficient (Wildman–Crippen LogP) is 2.67. The van der Waals surface area contributed by atoms with Gasteiger partial charge in [0.15, 0.2) is 0 Å². The Bertz CT molecular complexity index is 414. The lowest BCUT2D eigenvalue weighted by molar-refractivity contribution is 0.0929. The van der Waals surface area contributed by atoms with Gasteiger partial charge >= 0.3 is 0 Å². The SMILES string of the molecule is CSC1CCC(NC(=O)c2ccccc2N)CC1. The Labute approximate surface area is 113 Å². The van der Waals surface area contributed by atoms with Gasteiger partial charge in [0.05, 0.1) is 5.56 Å². The van der Waals surface area contributed by atoms with Gasteiger partial charge in [0.1, 0.15) is 0 Å². The number of nitrogen functional groups attached to an aromatic ring is 1. The Hall–Kier alpha value is -1.16. The van der Waals surface area contributed by atoms with Gasteiger partial charge in [-0.1, -0.05) is 12.1 Å². The maximum Gasteiger partial charge on any atom is 0.253 e. The fraction of sp³-hybridized carbons (Fsp3) is 0.500.